The van der Waals surface area contributed by atoms with Crippen molar-refractivity contribution in [3.05, 3.63) is 83.2 Å². The third kappa shape index (κ3) is 5.21. The second-order valence-corrected chi connectivity index (χ2v) is 6.83. The number of benzene rings is 2. The van der Waals surface area contributed by atoms with Crippen LogP contribution in [0.1, 0.15) is 47.3 Å². The first kappa shape index (κ1) is 20.6. The minimum atomic E-state index is -0.211. The van der Waals surface area contributed by atoms with Gasteiger partial charge < -0.3 is 14.8 Å². The quantitative estimate of drug-likeness (QED) is 0.562. The molecule has 0 aliphatic rings. The maximum absolute atomic E-state index is 12.7. The van der Waals surface area contributed by atoms with Crippen molar-refractivity contribution in [3.63, 3.8) is 0 Å². The van der Waals surface area contributed by atoms with E-state index in [4.69, 9.17) is 9.47 Å². The molecule has 29 heavy (non-hydrogen) atoms. The predicted octanol–water partition coefficient (Wildman–Crippen LogP) is 5.70. The minimum absolute atomic E-state index is 0.120. The Balaban J connectivity index is 1.73. The molecule has 1 atom stereocenters. The average molecular weight is 390 g/mol. The SMILES string of the molecule is CCc1cccc(Oc2cccc(NC(=O)c3ccc(C(C)OC)nc3C)c2)c1. The van der Waals surface area contributed by atoms with E-state index in [0.29, 0.717) is 22.7 Å². The fourth-order valence-corrected chi connectivity index (χ4v) is 2.97. The third-order valence-corrected chi connectivity index (χ3v) is 4.76. The van der Waals surface area contributed by atoms with Crippen LogP contribution in [0.5, 0.6) is 11.5 Å². The topological polar surface area (TPSA) is 60.5 Å². The summed E-state index contributed by atoms with van der Waals surface area (Å²) in [6.07, 6.45) is 0.827. The third-order valence-electron chi connectivity index (χ3n) is 4.76. The number of carbonyl (C=O) groups is 1. The normalized spacial score (nSPS) is 11.7. The molecule has 5 nitrogen and oxygen atoms in total. The number of methoxy groups -OCH3 is 1. The van der Waals surface area contributed by atoms with E-state index in [1.54, 1.807) is 19.2 Å². The first-order chi connectivity index (χ1) is 14.0. The Labute approximate surface area is 171 Å². The Morgan fingerprint density at radius 3 is 2.48 bits per heavy atom. The van der Waals surface area contributed by atoms with Crippen LogP contribution in [0.4, 0.5) is 5.69 Å². The summed E-state index contributed by atoms with van der Waals surface area (Å²) in [7, 11) is 1.63. The molecule has 0 saturated carbocycles. The number of hydrogen-bond donors (Lipinski definition) is 1. The molecule has 1 aromatic heterocycles. The van der Waals surface area contributed by atoms with Crippen LogP contribution < -0.4 is 10.1 Å². The van der Waals surface area contributed by atoms with Crippen molar-refractivity contribution >= 4 is 11.6 Å². The maximum Gasteiger partial charge on any atom is 0.257 e. The van der Waals surface area contributed by atoms with Crippen LogP contribution in [0.3, 0.4) is 0 Å². The standard InChI is InChI=1S/C24H26N2O3/c1-5-18-8-6-10-20(14-18)29-21-11-7-9-19(15-21)26-24(27)22-12-13-23(17(3)28-4)25-16(22)2/h6-15,17H,5H2,1-4H3,(H,26,27). The number of ether oxygens (including phenoxy) is 2. The van der Waals surface area contributed by atoms with Crippen LogP contribution >= 0.6 is 0 Å². The van der Waals surface area contributed by atoms with Gasteiger partial charge in [-0.05, 0) is 62.2 Å². The highest BCUT2D eigenvalue weighted by molar-refractivity contribution is 6.05. The molecule has 1 amide bonds. The molecule has 1 unspecified atom stereocenters. The van der Waals surface area contributed by atoms with Gasteiger partial charge in [-0.25, -0.2) is 0 Å². The monoisotopic (exact) mass is 390 g/mol. The summed E-state index contributed by atoms with van der Waals surface area (Å²) < 4.78 is 11.2. The Hall–Kier alpha value is -3.18. The van der Waals surface area contributed by atoms with E-state index < -0.39 is 0 Å². The summed E-state index contributed by atoms with van der Waals surface area (Å²) >= 11 is 0. The molecule has 0 fully saturated rings. The number of carbonyl (C=O) groups excluding carboxylic acids is 1. The van der Waals surface area contributed by atoms with E-state index in [1.807, 2.05) is 56.3 Å². The van der Waals surface area contributed by atoms with Crippen LogP contribution in [0, 0.1) is 6.92 Å². The highest BCUT2D eigenvalue weighted by atomic mass is 16.5. The van der Waals surface area contributed by atoms with Gasteiger partial charge in [0.25, 0.3) is 5.91 Å². The first-order valence-corrected chi connectivity index (χ1v) is 9.68. The summed E-state index contributed by atoms with van der Waals surface area (Å²) in [5.41, 5.74) is 3.85. The van der Waals surface area contributed by atoms with Gasteiger partial charge in [0.15, 0.2) is 0 Å². The molecule has 3 aromatic rings. The van der Waals surface area contributed by atoms with Crippen LogP contribution in [0.15, 0.2) is 60.7 Å². The smallest absolute Gasteiger partial charge is 0.257 e. The zero-order valence-electron chi connectivity index (χ0n) is 17.2. The predicted molar refractivity (Wildman–Crippen MR) is 115 cm³/mol. The molecular formula is C24H26N2O3. The molecule has 0 bridgehead atoms. The highest BCUT2D eigenvalue weighted by Gasteiger charge is 2.14. The molecule has 150 valence electrons. The van der Waals surface area contributed by atoms with E-state index in [-0.39, 0.29) is 12.0 Å². The van der Waals surface area contributed by atoms with Gasteiger partial charge in [0.1, 0.15) is 11.5 Å². The lowest BCUT2D eigenvalue weighted by Gasteiger charge is -2.13. The molecule has 0 aliphatic heterocycles. The zero-order valence-corrected chi connectivity index (χ0v) is 17.2. The number of hydrogen-bond acceptors (Lipinski definition) is 4. The number of pyridine rings is 1. The Morgan fingerprint density at radius 2 is 1.79 bits per heavy atom. The number of nitrogens with one attached hydrogen (secondary N) is 1. The molecular weight excluding hydrogens is 364 g/mol. The molecule has 2 aromatic carbocycles. The lowest BCUT2D eigenvalue weighted by atomic mass is 10.1. The molecule has 0 spiro atoms. The Kier molecular flexibility index (Phi) is 6.62. The van der Waals surface area contributed by atoms with E-state index in [0.717, 1.165) is 17.9 Å². The van der Waals surface area contributed by atoms with Gasteiger partial charge in [-0.15, -0.1) is 0 Å². The number of rotatable bonds is 7. The summed E-state index contributed by atoms with van der Waals surface area (Å²) in [5, 5.41) is 2.92. The molecule has 1 N–H and O–H groups in total. The minimum Gasteiger partial charge on any atom is -0.457 e. The number of amides is 1. The number of nitrogens with zero attached hydrogens (tertiary/aromatic N) is 1. The summed E-state index contributed by atoms with van der Waals surface area (Å²) in [6, 6.07) is 18.9. The van der Waals surface area contributed by atoms with Gasteiger partial charge in [0.2, 0.25) is 0 Å². The number of anilines is 1. The summed E-state index contributed by atoms with van der Waals surface area (Å²) in [4.78, 5) is 17.2. The highest BCUT2D eigenvalue weighted by Crippen LogP contribution is 2.25. The van der Waals surface area contributed by atoms with E-state index >= 15 is 0 Å². The van der Waals surface area contributed by atoms with Crippen LogP contribution in [0.2, 0.25) is 0 Å². The van der Waals surface area contributed by atoms with Gasteiger partial charge in [-0.3, -0.25) is 9.78 Å². The van der Waals surface area contributed by atoms with Crippen molar-refractivity contribution in [1.82, 2.24) is 4.98 Å². The molecule has 1 heterocycles. The summed E-state index contributed by atoms with van der Waals surface area (Å²) in [6.45, 7) is 5.85. The average Bonchev–Trinajstić information content (AvgIpc) is 2.73. The van der Waals surface area contributed by atoms with Crippen molar-refractivity contribution < 1.29 is 14.3 Å². The lowest BCUT2D eigenvalue weighted by molar-refractivity contribution is 0.102. The summed E-state index contributed by atoms with van der Waals surface area (Å²) in [5.74, 6) is 1.22. The van der Waals surface area contributed by atoms with E-state index in [2.05, 4.69) is 23.3 Å². The number of aromatic nitrogens is 1. The second kappa shape index (κ2) is 9.34. The first-order valence-electron chi connectivity index (χ1n) is 9.68. The molecule has 3 rings (SSSR count). The van der Waals surface area contributed by atoms with Crippen molar-refractivity contribution in [2.75, 3.05) is 12.4 Å². The largest absolute Gasteiger partial charge is 0.457 e. The molecule has 0 saturated heterocycles. The zero-order chi connectivity index (χ0) is 20.8. The van der Waals surface area contributed by atoms with Crippen molar-refractivity contribution in [3.8, 4) is 11.5 Å². The number of aryl methyl sites for hydroxylation is 2. The maximum atomic E-state index is 12.7. The van der Waals surface area contributed by atoms with Crippen LogP contribution in [-0.2, 0) is 11.2 Å². The van der Waals surface area contributed by atoms with E-state index in [1.165, 1.54) is 5.56 Å². The lowest BCUT2D eigenvalue weighted by Crippen LogP contribution is -2.15. The molecule has 0 aliphatic carbocycles. The van der Waals surface area contributed by atoms with Gasteiger partial charge in [0.05, 0.1) is 23.1 Å². The van der Waals surface area contributed by atoms with Crippen LogP contribution in [-0.4, -0.2) is 18.0 Å². The fraction of sp³-hybridized carbons (Fsp3) is 0.250. The van der Waals surface area contributed by atoms with Gasteiger partial charge in [-0.2, -0.15) is 0 Å². The van der Waals surface area contributed by atoms with Gasteiger partial charge >= 0.3 is 0 Å². The van der Waals surface area contributed by atoms with Crippen molar-refractivity contribution in [2.45, 2.75) is 33.3 Å². The second-order valence-electron chi connectivity index (χ2n) is 6.83. The molecule has 0 radical (unpaired) electrons. The van der Waals surface area contributed by atoms with E-state index in [9.17, 15) is 4.79 Å². The Morgan fingerprint density at radius 1 is 1.07 bits per heavy atom. The van der Waals surface area contributed by atoms with Crippen molar-refractivity contribution in [1.29, 1.82) is 0 Å². The fourth-order valence-electron chi connectivity index (χ4n) is 2.97. The molecule has 5 heteroatoms. The van der Waals surface area contributed by atoms with Crippen LogP contribution in [0.25, 0.3) is 0 Å². The van der Waals surface area contributed by atoms with Crippen molar-refractivity contribution in [2.24, 2.45) is 0 Å². The van der Waals surface area contributed by atoms with Gasteiger partial charge in [-0.1, -0.05) is 25.1 Å². The Bertz CT molecular complexity index is 1000. The van der Waals surface area contributed by atoms with Gasteiger partial charge in [0, 0.05) is 18.9 Å².